The van der Waals surface area contributed by atoms with Crippen molar-refractivity contribution in [2.45, 2.75) is 19.6 Å². The predicted octanol–water partition coefficient (Wildman–Crippen LogP) is 5.51. The van der Waals surface area contributed by atoms with E-state index >= 15 is 0 Å². The molecule has 3 rings (SSSR count). The van der Waals surface area contributed by atoms with E-state index < -0.39 is 0 Å². The SMILES string of the molecule is COc1ccc(CCNCc2cc(Br)ccc2OCc2ccc(F)cc2)cc1. The Morgan fingerprint density at radius 3 is 2.36 bits per heavy atom. The number of benzene rings is 3. The van der Waals surface area contributed by atoms with E-state index in [0.29, 0.717) is 13.2 Å². The van der Waals surface area contributed by atoms with Crippen molar-refractivity contribution in [1.82, 2.24) is 5.32 Å². The van der Waals surface area contributed by atoms with E-state index in [1.807, 2.05) is 24.3 Å². The summed E-state index contributed by atoms with van der Waals surface area (Å²) in [4.78, 5) is 0. The van der Waals surface area contributed by atoms with Gasteiger partial charge in [-0.1, -0.05) is 40.2 Å². The molecule has 1 N–H and O–H groups in total. The van der Waals surface area contributed by atoms with E-state index in [1.165, 1.54) is 17.7 Å². The van der Waals surface area contributed by atoms with Crippen molar-refractivity contribution < 1.29 is 13.9 Å². The first-order valence-corrected chi connectivity index (χ1v) is 9.92. The Kier molecular flexibility index (Phi) is 7.46. The monoisotopic (exact) mass is 443 g/mol. The molecule has 0 spiro atoms. The molecule has 0 atom stereocenters. The van der Waals surface area contributed by atoms with Crippen LogP contribution in [0.4, 0.5) is 4.39 Å². The molecule has 0 fully saturated rings. The third-order valence-corrected chi connectivity index (χ3v) is 4.89. The topological polar surface area (TPSA) is 30.5 Å². The van der Waals surface area contributed by atoms with Crippen LogP contribution < -0.4 is 14.8 Å². The van der Waals surface area contributed by atoms with Crippen molar-refractivity contribution in [1.29, 1.82) is 0 Å². The van der Waals surface area contributed by atoms with Crippen molar-refractivity contribution in [3.8, 4) is 11.5 Å². The first-order valence-electron chi connectivity index (χ1n) is 9.13. The van der Waals surface area contributed by atoms with Gasteiger partial charge >= 0.3 is 0 Å². The fourth-order valence-corrected chi connectivity index (χ4v) is 3.23. The molecule has 0 aromatic heterocycles. The number of nitrogens with one attached hydrogen (secondary N) is 1. The Labute approximate surface area is 173 Å². The second kappa shape index (κ2) is 10.2. The Balaban J connectivity index is 1.53. The molecule has 0 saturated heterocycles. The number of hydrogen-bond acceptors (Lipinski definition) is 3. The minimum absolute atomic E-state index is 0.242. The molecule has 0 amide bonds. The fraction of sp³-hybridized carbons (Fsp3) is 0.217. The van der Waals surface area contributed by atoms with Gasteiger partial charge in [0.15, 0.2) is 0 Å². The average molecular weight is 444 g/mol. The summed E-state index contributed by atoms with van der Waals surface area (Å²) in [6, 6.07) is 20.4. The lowest BCUT2D eigenvalue weighted by Crippen LogP contribution is -2.17. The van der Waals surface area contributed by atoms with E-state index in [0.717, 1.165) is 40.1 Å². The molecule has 0 radical (unpaired) electrons. The van der Waals surface area contributed by atoms with Gasteiger partial charge in [0.2, 0.25) is 0 Å². The van der Waals surface area contributed by atoms with Gasteiger partial charge in [0.1, 0.15) is 23.9 Å². The van der Waals surface area contributed by atoms with Gasteiger partial charge < -0.3 is 14.8 Å². The summed E-state index contributed by atoms with van der Waals surface area (Å²) in [6.45, 7) is 1.96. The Morgan fingerprint density at radius 2 is 1.64 bits per heavy atom. The highest BCUT2D eigenvalue weighted by molar-refractivity contribution is 9.10. The molecule has 146 valence electrons. The number of methoxy groups -OCH3 is 1. The second-order valence-electron chi connectivity index (χ2n) is 6.44. The Hall–Kier alpha value is -2.37. The first kappa shape index (κ1) is 20.4. The molecule has 0 aliphatic rings. The number of halogens is 2. The zero-order valence-corrected chi connectivity index (χ0v) is 17.3. The van der Waals surface area contributed by atoms with Crippen LogP contribution in [0.15, 0.2) is 71.2 Å². The summed E-state index contributed by atoms with van der Waals surface area (Å²) in [7, 11) is 1.67. The summed E-state index contributed by atoms with van der Waals surface area (Å²) in [6.07, 6.45) is 0.934. The molecule has 0 aliphatic carbocycles. The van der Waals surface area contributed by atoms with Gasteiger partial charge in [0, 0.05) is 16.6 Å². The molecule has 0 unspecified atom stereocenters. The maximum Gasteiger partial charge on any atom is 0.124 e. The molecule has 0 aliphatic heterocycles. The summed E-state index contributed by atoms with van der Waals surface area (Å²) in [5.74, 6) is 1.45. The summed E-state index contributed by atoms with van der Waals surface area (Å²) in [5, 5.41) is 3.47. The van der Waals surface area contributed by atoms with Gasteiger partial charge in [0.05, 0.1) is 7.11 Å². The van der Waals surface area contributed by atoms with Crippen molar-refractivity contribution in [3.63, 3.8) is 0 Å². The standard InChI is InChI=1S/C23H23BrFNO2/c1-27-22-9-4-17(5-10-22)12-13-26-15-19-14-20(24)6-11-23(19)28-16-18-2-7-21(25)8-3-18/h2-11,14,26H,12-13,15-16H2,1H3. The van der Waals surface area contributed by atoms with Crippen LogP contribution in [0.1, 0.15) is 16.7 Å². The maximum atomic E-state index is 13.0. The zero-order chi connectivity index (χ0) is 19.8. The maximum absolute atomic E-state index is 13.0. The van der Waals surface area contributed by atoms with Crippen LogP contribution in [-0.4, -0.2) is 13.7 Å². The minimum Gasteiger partial charge on any atom is -0.497 e. The average Bonchev–Trinajstić information content (AvgIpc) is 2.72. The van der Waals surface area contributed by atoms with Crippen LogP contribution >= 0.6 is 15.9 Å². The third kappa shape index (κ3) is 6.08. The predicted molar refractivity (Wildman–Crippen MR) is 113 cm³/mol. The smallest absolute Gasteiger partial charge is 0.124 e. The quantitative estimate of drug-likeness (QED) is 0.442. The second-order valence-corrected chi connectivity index (χ2v) is 7.36. The molecule has 3 aromatic rings. The van der Waals surface area contributed by atoms with Gasteiger partial charge in [0.25, 0.3) is 0 Å². The molecule has 5 heteroatoms. The van der Waals surface area contributed by atoms with Crippen molar-refractivity contribution in [2.24, 2.45) is 0 Å². The molecular weight excluding hydrogens is 421 g/mol. The highest BCUT2D eigenvalue weighted by Crippen LogP contribution is 2.24. The Morgan fingerprint density at radius 1 is 0.929 bits per heavy atom. The van der Waals surface area contributed by atoms with Gasteiger partial charge in [-0.15, -0.1) is 0 Å². The highest BCUT2D eigenvalue weighted by Gasteiger charge is 2.06. The minimum atomic E-state index is -0.242. The van der Waals surface area contributed by atoms with Gasteiger partial charge in [-0.3, -0.25) is 0 Å². The summed E-state index contributed by atoms with van der Waals surface area (Å²) >= 11 is 3.52. The fourth-order valence-electron chi connectivity index (χ4n) is 2.82. The van der Waals surface area contributed by atoms with Crippen molar-refractivity contribution >= 4 is 15.9 Å². The molecule has 3 nitrogen and oxygen atoms in total. The largest absolute Gasteiger partial charge is 0.497 e. The number of rotatable bonds is 9. The van der Waals surface area contributed by atoms with Crippen molar-refractivity contribution in [2.75, 3.05) is 13.7 Å². The molecule has 0 saturated carbocycles. The van der Waals surface area contributed by atoms with Crippen LogP contribution in [0.5, 0.6) is 11.5 Å². The number of ether oxygens (including phenoxy) is 2. The Bertz CT molecular complexity index is 882. The van der Waals surface area contributed by atoms with E-state index in [2.05, 4.69) is 39.4 Å². The molecule has 0 heterocycles. The molecule has 3 aromatic carbocycles. The first-order chi connectivity index (χ1) is 13.6. The normalized spacial score (nSPS) is 10.7. The highest BCUT2D eigenvalue weighted by atomic mass is 79.9. The third-order valence-electron chi connectivity index (χ3n) is 4.40. The summed E-state index contributed by atoms with van der Waals surface area (Å²) < 4.78 is 25.2. The van der Waals surface area contributed by atoms with E-state index in [9.17, 15) is 4.39 Å². The van der Waals surface area contributed by atoms with Crippen LogP contribution in [0.25, 0.3) is 0 Å². The van der Waals surface area contributed by atoms with Crippen LogP contribution in [0.2, 0.25) is 0 Å². The van der Waals surface area contributed by atoms with Gasteiger partial charge in [-0.2, -0.15) is 0 Å². The lowest BCUT2D eigenvalue weighted by atomic mass is 10.1. The van der Waals surface area contributed by atoms with Crippen LogP contribution in [-0.2, 0) is 19.6 Å². The number of hydrogen-bond donors (Lipinski definition) is 1. The van der Waals surface area contributed by atoms with Crippen LogP contribution in [0, 0.1) is 5.82 Å². The van der Waals surface area contributed by atoms with E-state index in [4.69, 9.17) is 9.47 Å². The van der Waals surface area contributed by atoms with E-state index in [1.54, 1.807) is 19.2 Å². The summed E-state index contributed by atoms with van der Waals surface area (Å²) in [5.41, 5.74) is 3.27. The van der Waals surface area contributed by atoms with Gasteiger partial charge in [-0.05, 0) is 66.6 Å². The van der Waals surface area contributed by atoms with Gasteiger partial charge in [-0.25, -0.2) is 4.39 Å². The zero-order valence-electron chi connectivity index (χ0n) is 15.8. The molecular formula is C23H23BrFNO2. The van der Waals surface area contributed by atoms with E-state index in [-0.39, 0.29) is 5.82 Å². The molecule has 28 heavy (non-hydrogen) atoms. The lowest BCUT2D eigenvalue weighted by molar-refractivity contribution is 0.302. The van der Waals surface area contributed by atoms with Crippen molar-refractivity contribution in [3.05, 3.63) is 93.7 Å². The molecule has 0 bridgehead atoms. The lowest BCUT2D eigenvalue weighted by Gasteiger charge is -2.13. The van der Waals surface area contributed by atoms with Crippen LogP contribution in [0.3, 0.4) is 0 Å².